The van der Waals surface area contributed by atoms with Crippen LogP contribution in [0.5, 0.6) is 5.75 Å². The van der Waals surface area contributed by atoms with Crippen molar-refractivity contribution >= 4 is 5.97 Å². The maximum Gasteiger partial charge on any atom is 0.302 e. The van der Waals surface area contributed by atoms with Gasteiger partial charge in [0, 0.05) is 18.4 Å². The highest BCUT2D eigenvalue weighted by Gasteiger charge is 2.28. The summed E-state index contributed by atoms with van der Waals surface area (Å²) in [6.07, 6.45) is 9.06. The summed E-state index contributed by atoms with van der Waals surface area (Å²) in [5.74, 6) is 2.69. The number of allylic oxidation sites excluding steroid dienone is 5. The fraction of sp³-hybridized carbons (Fsp3) is 0.375. The average Bonchev–Trinajstić information content (AvgIpc) is 2.70. The van der Waals surface area contributed by atoms with E-state index in [-0.39, 0.29) is 5.97 Å². The van der Waals surface area contributed by atoms with Crippen molar-refractivity contribution in [1.82, 2.24) is 0 Å². The molecular weight excluding hydrogens is 336 g/mol. The Bertz CT molecular complexity index is 668. The molecule has 0 radical (unpaired) electrons. The van der Waals surface area contributed by atoms with Crippen LogP contribution in [0.4, 0.5) is 0 Å². The molecule has 1 heterocycles. The summed E-state index contributed by atoms with van der Waals surface area (Å²) >= 11 is 0. The lowest BCUT2D eigenvalue weighted by Crippen LogP contribution is -2.17. The Balaban J connectivity index is 0.000000573. The van der Waals surface area contributed by atoms with Gasteiger partial charge in [-0.3, -0.25) is 4.79 Å². The number of fused-ring (bicyclic) bond motifs is 1. The maximum absolute atomic E-state index is 9.59. The minimum Gasteiger partial charge on any atom is -0.469 e. The molecule has 1 aliphatic carbocycles. The first-order chi connectivity index (χ1) is 13.0. The van der Waals surface area contributed by atoms with Crippen LogP contribution in [0.2, 0.25) is 0 Å². The van der Waals surface area contributed by atoms with Gasteiger partial charge in [0.2, 0.25) is 0 Å². The molecule has 3 heteroatoms. The Hall–Kier alpha value is -2.55. The van der Waals surface area contributed by atoms with E-state index < -0.39 is 0 Å². The van der Waals surface area contributed by atoms with Crippen LogP contribution in [0.15, 0.2) is 73.1 Å². The van der Waals surface area contributed by atoms with Crippen LogP contribution < -0.4 is 4.74 Å². The van der Waals surface area contributed by atoms with Gasteiger partial charge in [-0.25, -0.2) is 0 Å². The standard InChI is InChI=1S/C16H16O.C3H6O2.C3H6.C2H6/c1-3-12-8-9-16-14(10-12)11(2)13-6-4-5-7-15(13)17-16;1-3(4)5-2;1-3-2;1-2/h3-9,11-12H,1,10H2,2H3;1-2H3;3H,1H2,2H3;1-2H3. The van der Waals surface area contributed by atoms with Gasteiger partial charge in [0.25, 0.3) is 0 Å². The smallest absolute Gasteiger partial charge is 0.302 e. The number of carbonyl (C=O) groups excluding carboxylic acids is 1. The summed E-state index contributed by atoms with van der Waals surface area (Å²) in [5, 5.41) is 0. The molecule has 0 amide bonds. The molecule has 3 nitrogen and oxygen atoms in total. The Kier molecular flexibility index (Phi) is 12.3. The summed E-state index contributed by atoms with van der Waals surface area (Å²) in [6, 6.07) is 8.30. The monoisotopic (exact) mass is 370 g/mol. The summed E-state index contributed by atoms with van der Waals surface area (Å²) in [4.78, 5) is 9.59. The zero-order chi connectivity index (χ0) is 20.8. The second-order valence-electron chi connectivity index (χ2n) is 5.82. The van der Waals surface area contributed by atoms with E-state index in [1.165, 1.54) is 25.2 Å². The number of benzene rings is 1. The van der Waals surface area contributed by atoms with Crippen LogP contribution in [-0.2, 0) is 9.53 Å². The molecule has 1 aromatic rings. The molecular formula is C24H34O3. The van der Waals surface area contributed by atoms with Gasteiger partial charge in [-0.2, -0.15) is 0 Å². The van der Waals surface area contributed by atoms with Crippen molar-refractivity contribution < 1.29 is 14.3 Å². The molecule has 1 aromatic carbocycles. The van der Waals surface area contributed by atoms with Gasteiger partial charge in [-0.15, -0.1) is 13.2 Å². The highest BCUT2D eigenvalue weighted by molar-refractivity contribution is 5.65. The lowest BCUT2D eigenvalue weighted by molar-refractivity contribution is -0.137. The number of rotatable bonds is 1. The van der Waals surface area contributed by atoms with Crippen molar-refractivity contribution in [3.05, 3.63) is 78.6 Å². The third-order valence-corrected chi connectivity index (χ3v) is 3.99. The topological polar surface area (TPSA) is 35.5 Å². The van der Waals surface area contributed by atoms with Crippen molar-refractivity contribution in [2.45, 2.75) is 47.0 Å². The molecule has 0 aromatic heterocycles. The van der Waals surface area contributed by atoms with Gasteiger partial charge in [0.1, 0.15) is 11.5 Å². The largest absolute Gasteiger partial charge is 0.469 e. The summed E-state index contributed by atoms with van der Waals surface area (Å²) < 4.78 is 10.1. The van der Waals surface area contributed by atoms with Crippen molar-refractivity contribution in [1.29, 1.82) is 0 Å². The zero-order valence-corrected chi connectivity index (χ0v) is 17.6. The van der Waals surface area contributed by atoms with Gasteiger partial charge in [-0.1, -0.05) is 57.2 Å². The van der Waals surface area contributed by atoms with Crippen LogP contribution >= 0.6 is 0 Å². The first-order valence-electron chi connectivity index (χ1n) is 9.40. The SMILES string of the molecule is C=CC.C=CC1C=CC2=C(C1)C(C)c1ccccc1O2.CC.COC(C)=O. The van der Waals surface area contributed by atoms with E-state index in [1.807, 2.05) is 39.0 Å². The molecule has 0 bridgehead atoms. The number of carbonyl (C=O) groups is 1. The van der Waals surface area contributed by atoms with E-state index in [2.05, 4.69) is 49.1 Å². The molecule has 0 saturated carbocycles. The van der Waals surface area contributed by atoms with Gasteiger partial charge >= 0.3 is 5.97 Å². The predicted molar refractivity (Wildman–Crippen MR) is 115 cm³/mol. The van der Waals surface area contributed by atoms with Gasteiger partial charge < -0.3 is 9.47 Å². The number of hydrogen-bond acceptors (Lipinski definition) is 3. The van der Waals surface area contributed by atoms with Crippen LogP contribution in [0.3, 0.4) is 0 Å². The molecule has 1 aliphatic heterocycles. The molecule has 0 fully saturated rings. The zero-order valence-electron chi connectivity index (χ0n) is 17.6. The minimum atomic E-state index is -0.245. The molecule has 3 rings (SSSR count). The minimum absolute atomic E-state index is 0.245. The van der Waals surface area contributed by atoms with E-state index in [1.54, 1.807) is 6.08 Å². The highest BCUT2D eigenvalue weighted by atomic mass is 16.5. The van der Waals surface area contributed by atoms with Crippen LogP contribution in [0.1, 0.15) is 52.5 Å². The predicted octanol–water partition coefficient (Wildman–Crippen LogP) is 6.60. The Morgan fingerprint density at radius 2 is 1.81 bits per heavy atom. The highest BCUT2D eigenvalue weighted by Crippen LogP contribution is 2.43. The molecule has 2 atom stereocenters. The van der Waals surface area contributed by atoms with E-state index in [0.717, 1.165) is 17.9 Å². The van der Waals surface area contributed by atoms with Gasteiger partial charge in [-0.05, 0) is 37.0 Å². The second kappa shape index (κ2) is 13.6. The van der Waals surface area contributed by atoms with Crippen LogP contribution in [0, 0.1) is 5.92 Å². The van der Waals surface area contributed by atoms with E-state index in [4.69, 9.17) is 4.74 Å². The van der Waals surface area contributed by atoms with Crippen molar-refractivity contribution in [2.75, 3.05) is 7.11 Å². The molecule has 0 saturated heterocycles. The number of esters is 1. The van der Waals surface area contributed by atoms with E-state index >= 15 is 0 Å². The lowest BCUT2D eigenvalue weighted by Gasteiger charge is -2.31. The number of hydrogen-bond donors (Lipinski definition) is 0. The molecule has 2 unspecified atom stereocenters. The van der Waals surface area contributed by atoms with Crippen molar-refractivity contribution in [2.24, 2.45) is 5.92 Å². The summed E-state index contributed by atoms with van der Waals surface area (Å²) in [6.45, 7) is 16.7. The average molecular weight is 371 g/mol. The first-order valence-corrected chi connectivity index (χ1v) is 9.40. The third-order valence-electron chi connectivity index (χ3n) is 3.99. The number of methoxy groups -OCH3 is 1. The van der Waals surface area contributed by atoms with Crippen LogP contribution in [-0.4, -0.2) is 13.1 Å². The van der Waals surface area contributed by atoms with Gasteiger partial charge in [0.15, 0.2) is 0 Å². The fourth-order valence-corrected chi connectivity index (χ4v) is 2.63. The second-order valence-corrected chi connectivity index (χ2v) is 5.82. The first kappa shape index (κ1) is 24.5. The van der Waals surface area contributed by atoms with Crippen LogP contribution in [0.25, 0.3) is 0 Å². The fourth-order valence-electron chi connectivity index (χ4n) is 2.63. The van der Waals surface area contributed by atoms with Gasteiger partial charge in [0.05, 0.1) is 7.11 Å². The number of ether oxygens (including phenoxy) is 2. The summed E-state index contributed by atoms with van der Waals surface area (Å²) in [5.41, 5.74) is 2.69. The molecule has 148 valence electrons. The van der Waals surface area contributed by atoms with E-state index in [0.29, 0.717) is 11.8 Å². The lowest BCUT2D eigenvalue weighted by atomic mass is 9.81. The molecule has 0 spiro atoms. The summed E-state index contributed by atoms with van der Waals surface area (Å²) in [7, 11) is 1.35. The maximum atomic E-state index is 9.59. The normalized spacial score (nSPS) is 18.3. The van der Waals surface area contributed by atoms with Crippen molar-refractivity contribution in [3.63, 3.8) is 0 Å². The number of para-hydroxylation sites is 1. The van der Waals surface area contributed by atoms with E-state index in [9.17, 15) is 4.79 Å². The molecule has 0 N–H and O–H groups in total. The van der Waals surface area contributed by atoms with Crippen molar-refractivity contribution in [3.8, 4) is 5.75 Å². The third kappa shape index (κ3) is 7.69. The molecule has 27 heavy (non-hydrogen) atoms. The molecule has 2 aliphatic rings. The Morgan fingerprint density at radius 1 is 1.26 bits per heavy atom. The quantitative estimate of drug-likeness (QED) is 0.413. The Labute approximate surface area is 165 Å². The Morgan fingerprint density at radius 3 is 2.33 bits per heavy atom.